The van der Waals surface area contributed by atoms with Crippen LogP contribution >= 0.6 is 11.8 Å². The smallest absolute Gasteiger partial charge is 0.258 e. The topological polar surface area (TPSA) is 87.2 Å². The Hall–Kier alpha value is -2.78. The molecule has 0 aliphatic carbocycles. The molecular weight excluding hydrogens is 492 g/mol. The third-order valence-corrected chi connectivity index (χ3v) is 12.4. The van der Waals surface area contributed by atoms with Gasteiger partial charge in [0.1, 0.15) is 11.8 Å². The number of thioether (sulfide) groups is 1. The monoisotopic (exact) mass is 528 g/mol. The number of phenolic OH excluding ortho intramolecular Hbond substituents is 1. The molecule has 1 saturated heterocycles. The van der Waals surface area contributed by atoms with Crippen LogP contribution in [0.15, 0.2) is 48.5 Å². The highest BCUT2D eigenvalue weighted by molar-refractivity contribution is 8.14. The number of likely N-dealkylation sites (N-methyl/N-ethyl adjacent to an activating group) is 1. The van der Waals surface area contributed by atoms with Crippen molar-refractivity contribution < 1.29 is 23.9 Å². The number of nitrogens with zero attached hydrogens (tertiary/aromatic N) is 2. The van der Waals surface area contributed by atoms with Crippen molar-refractivity contribution in [2.75, 3.05) is 20.6 Å². The van der Waals surface area contributed by atoms with Gasteiger partial charge in [0.25, 0.3) is 14.2 Å². The summed E-state index contributed by atoms with van der Waals surface area (Å²) in [4.78, 5) is 42.4. The highest BCUT2D eigenvalue weighted by Crippen LogP contribution is 2.41. The summed E-state index contributed by atoms with van der Waals surface area (Å²) in [6.45, 7) is 10.7. The lowest BCUT2D eigenvalue weighted by atomic mass is 10.1. The first-order chi connectivity index (χ1) is 16.7. The van der Waals surface area contributed by atoms with Crippen molar-refractivity contribution in [3.63, 3.8) is 0 Å². The molecule has 2 amide bonds. The predicted octanol–water partition coefficient (Wildman–Crippen LogP) is 5.02. The molecule has 9 heteroatoms. The van der Waals surface area contributed by atoms with E-state index in [2.05, 4.69) is 33.9 Å². The van der Waals surface area contributed by atoms with E-state index in [1.54, 1.807) is 56.6 Å². The van der Waals surface area contributed by atoms with Crippen molar-refractivity contribution in [1.29, 1.82) is 0 Å². The molecule has 2 atom stereocenters. The molecule has 1 N–H and O–H groups in total. The second kappa shape index (κ2) is 10.7. The summed E-state index contributed by atoms with van der Waals surface area (Å²) in [7, 11) is 1.03. The van der Waals surface area contributed by atoms with Gasteiger partial charge in [-0.2, -0.15) is 0 Å². The van der Waals surface area contributed by atoms with Gasteiger partial charge in [0, 0.05) is 31.5 Å². The number of hydrogen-bond acceptors (Lipinski definition) is 6. The van der Waals surface area contributed by atoms with E-state index < -0.39 is 20.3 Å². The van der Waals surface area contributed by atoms with Crippen LogP contribution in [0.3, 0.4) is 0 Å². The summed E-state index contributed by atoms with van der Waals surface area (Å²) in [5.74, 6) is -0.623. The third kappa shape index (κ3) is 5.95. The maximum absolute atomic E-state index is 13.7. The molecule has 0 bridgehead atoms. The Labute approximate surface area is 218 Å². The second-order valence-corrected chi connectivity index (χ2v) is 16.8. The molecule has 0 aromatic heterocycles. The van der Waals surface area contributed by atoms with Crippen molar-refractivity contribution >= 4 is 37.0 Å². The fourth-order valence-electron chi connectivity index (χ4n) is 3.79. The Morgan fingerprint density at radius 1 is 1.06 bits per heavy atom. The van der Waals surface area contributed by atoms with Gasteiger partial charge in [-0.05, 0) is 36.7 Å². The van der Waals surface area contributed by atoms with Gasteiger partial charge < -0.3 is 19.3 Å². The fraction of sp³-hybridized carbons (Fsp3) is 0.444. The molecule has 1 aliphatic heterocycles. The zero-order valence-corrected chi connectivity index (χ0v) is 23.9. The van der Waals surface area contributed by atoms with Gasteiger partial charge in [-0.1, -0.05) is 68.9 Å². The van der Waals surface area contributed by atoms with Crippen LogP contribution in [0.1, 0.15) is 47.9 Å². The predicted molar refractivity (Wildman–Crippen MR) is 146 cm³/mol. The van der Waals surface area contributed by atoms with Gasteiger partial charge in [-0.25, -0.2) is 0 Å². The molecule has 0 saturated carbocycles. The molecule has 194 valence electrons. The second-order valence-electron chi connectivity index (χ2n) is 10.8. The van der Waals surface area contributed by atoms with Crippen LogP contribution in [0.25, 0.3) is 0 Å². The minimum atomic E-state index is -2.26. The van der Waals surface area contributed by atoms with E-state index in [0.717, 1.165) is 11.8 Å². The molecule has 1 heterocycles. The number of para-hydroxylation sites is 1. The molecule has 1 fully saturated rings. The summed E-state index contributed by atoms with van der Waals surface area (Å²) in [6.07, 6.45) is 0.354. The lowest BCUT2D eigenvalue weighted by molar-refractivity contribution is -0.132. The Balaban J connectivity index is 1.87. The van der Waals surface area contributed by atoms with Crippen LogP contribution in [0, 0.1) is 0 Å². The number of amides is 2. The van der Waals surface area contributed by atoms with E-state index in [-0.39, 0.29) is 44.9 Å². The van der Waals surface area contributed by atoms with E-state index in [4.69, 9.17) is 4.43 Å². The van der Waals surface area contributed by atoms with E-state index >= 15 is 0 Å². The quantitative estimate of drug-likeness (QED) is 0.530. The summed E-state index contributed by atoms with van der Waals surface area (Å²) in [6, 6.07) is 13.1. The van der Waals surface area contributed by atoms with Crippen molar-refractivity contribution in [3.05, 3.63) is 59.7 Å². The standard InChI is InChI=1S/C27H36N2O5SSi/c1-27(2,3)36(6,7)34-22-15-11-14-20(23(22)30)24(31)29-17-19(16-21(29)25(32)28(4)5)35-26(33)18-12-9-8-10-13-18/h8-15,19,21,30H,16-17H2,1-7H3/t19-,21-/m0/s1. The van der Waals surface area contributed by atoms with Gasteiger partial charge in [-0.15, -0.1) is 0 Å². The van der Waals surface area contributed by atoms with Crippen molar-refractivity contribution in [3.8, 4) is 11.5 Å². The van der Waals surface area contributed by atoms with Crippen LogP contribution in [-0.4, -0.2) is 72.1 Å². The van der Waals surface area contributed by atoms with Gasteiger partial charge in [0.2, 0.25) is 11.0 Å². The van der Waals surface area contributed by atoms with Crippen LogP contribution in [0.2, 0.25) is 18.1 Å². The number of likely N-dealkylation sites (tertiary alicyclic amines) is 1. The van der Waals surface area contributed by atoms with Gasteiger partial charge in [0.15, 0.2) is 5.75 Å². The molecule has 3 rings (SSSR count). The molecule has 1 aliphatic rings. The zero-order valence-electron chi connectivity index (χ0n) is 22.1. The first-order valence-corrected chi connectivity index (χ1v) is 15.8. The maximum Gasteiger partial charge on any atom is 0.258 e. The van der Waals surface area contributed by atoms with E-state index in [0.29, 0.717) is 12.0 Å². The molecule has 0 unspecified atom stereocenters. The van der Waals surface area contributed by atoms with Crippen LogP contribution in [-0.2, 0) is 4.79 Å². The Bertz CT molecular complexity index is 1130. The molecule has 2 aromatic rings. The molecular formula is C27H36N2O5SSi. The van der Waals surface area contributed by atoms with Gasteiger partial charge in [0.05, 0.1) is 5.56 Å². The number of aromatic hydroxyl groups is 1. The minimum absolute atomic E-state index is 0.0859. The average molecular weight is 529 g/mol. The van der Waals surface area contributed by atoms with Crippen LogP contribution in [0.4, 0.5) is 0 Å². The summed E-state index contributed by atoms with van der Waals surface area (Å²) >= 11 is 1.14. The molecule has 0 radical (unpaired) electrons. The number of phenols is 1. The van der Waals surface area contributed by atoms with E-state index in [9.17, 15) is 19.5 Å². The van der Waals surface area contributed by atoms with Crippen molar-refractivity contribution in [1.82, 2.24) is 9.80 Å². The normalized spacial score (nSPS) is 18.1. The largest absolute Gasteiger partial charge is 0.541 e. The number of rotatable bonds is 6. The van der Waals surface area contributed by atoms with Crippen molar-refractivity contribution in [2.45, 2.75) is 56.6 Å². The maximum atomic E-state index is 13.7. The van der Waals surface area contributed by atoms with Gasteiger partial charge in [-0.3, -0.25) is 14.4 Å². The van der Waals surface area contributed by atoms with E-state index in [1.807, 2.05) is 6.07 Å². The SMILES string of the molecule is CN(C)C(=O)[C@@H]1C[C@H](SC(=O)c2ccccc2)CN1C(=O)c1cccc(O[Si](C)(C)C(C)(C)C)c1O. The molecule has 0 spiro atoms. The fourth-order valence-corrected chi connectivity index (χ4v) is 5.90. The summed E-state index contributed by atoms with van der Waals surface area (Å²) in [5.41, 5.74) is 0.665. The minimum Gasteiger partial charge on any atom is -0.541 e. The zero-order chi connectivity index (χ0) is 26.8. The number of carbonyl (C=O) groups is 3. The first-order valence-electron chi connectivity index (χ1n) is 12.0. The first kappa shape index (κ1) is 27.8. The van der Waals surface area contributed by atoms with Crippen LogP contribution < -0.4 is 4.43 Å². The molecule has 36 heavy (non-hydrogen) atoms. The number of hydrogen-bond donors (Lipinski definition) is 1. The van der Waals surface area contributed by atoms with Gasteiger partial charge >= 0.3 is 0 Å². The lowest BCUT2D eigenvalue weighted by Gasteiger charge is -2.36. The molecule has 2 aromatic carbocycles. The highest BCUT2D eigenvalue weighted by atomic mass is 32.2. The van der Waals surface area contributed by atoms with E-state index in [1.165, 1.54) is 9.80 Å². The average Bonchev–Trinajstić information content (AvgIpc) is 3.22. The van der Waals surface area contributed by atoms with Crippen LogP contribution in [0.5, 0.6) is 11.5 Å². The third-order valence-electron chi connectivity index (χ3n) is 6.93. The van der Waals surface area contributed by atoms with Crippen molar-refractivity contribution in [2.24, 2.45) is 0 Å². The highest BCUT2D eigenvalue weighted by Gasteiger charge is 2.43. The Morgan fingerprint density at radius 2 is 1.69 bits per heavy atom. The number of benzene rings is 2. The Kier molecular flexibility index (Phi) is 8.25. The number of carbonyl (C=O) groups excluding carboxylic acids is 3. The summed E-state index contributed by atoms with van der Waals surface area (Å²) in [5, 5.41) is 10.6. The Morgan fingerprint density at radius 3 is 2.28 bits per heavy atom. The lowest BCUT2D eigenvalue weighted by Crippen LogP contribution is -2.45. The molecule has 7 nitrogen and oxygen atoms in total. The summed E-state index contributed by atoms with van der Waals surface area (Å²) < 4.78 is 6.28.